The third-order valence-corrected chi connectivity index (χ3v) is 7.32. The zero-order chi connectivity index (χ0) is 24.7. The van der Waals surface area contributed by atoms with E-state index in [4.69, 9.17) is 4.74 Å². The minimum absolute atomic E-state index is 0.0140. The van der Waals surface area contributed by atoms with Crippen LogP contribution in [-0.4, -0.2) is 54.5 Å². The second-order valence-electron chi connectivity index (χ2n) is 10.0. The van der Waals surface area contributed by atoms with Gasteiger partial charge < -0.3 is 4.74 Å². The quantitative estimate of drug-likeness (QED) is 0.371. The summed E-state index contributed by atoms with van der Waals surface area (Å²) in [5, 5.41) is 9.59. The molecule has 1 fully saturated rings. The van der Waals surface area contributed by atoms with Crippen molar-refractivity contribution in [1.82, 2.24) is 29.2 Å². The van der Waals surface area contributed by atoms with Gasteiger partial charge in [0.25, 0.3) is 0 Å². The molecule has 8 nitrogen and oxygen atoms in total. The SMILES string of the molecule is CC(C)n1c(=O)n(C)c2nnc3ccc(-c4ccc(COCCN5[C@H](C)CC[C@@H]5C)nc4)cc3c21. The van der Waals surface area contributed by atoms with E-state index in [9.17, 15) is 4.79 Å². The number of benzene rings is 1. The number of aromatic nitrogens is 5. The van der Waals surface area contributed by atoms with Gasteiger partial charge >= 0.3 is 5.69 Å². The molecule has 0 saturated carbocycles. The average molecular weight is 475 g/mol. The molecule has 8 heteroatoms. The van der Waals surface area contributed by atoms with Crippen LogP contribution in [0.1, 0.15) is 52.3 Å². The van der Waals surface area contributed by atoms with Gasteiger partial charge in [-0.2, -0.15) is 0 Å². The summed E-state index contributed by atoms with van der Waals surface area (Å²) in [5.74, 6) is 0. The van der Waals surface area contributed by atoms with E-state index in [1.807, 2.05) is 38.2 Å². The van der Waals surface area contributed by atoms with E-state index in [2.05, 4.69) is 46.1 Å². The predicted molar refractivity (Wildman–Crippen MR) is 138 cm³/mol. The first-order valence-corrected chi connectivity index (χ1v) is 12.5. The second kappa shape index (κ2) is 9.51. The molecule has 2 atom stereocenters. The molecule has 4 aromatic rings. The van der Waals surface area contributed by atoms with E-state index in [1.165, 1.54) is 12.8 Å². The maximum atomic E-state index is 12.8. The second-order valence-corrected chi connectivity index (χ2v) is 10.0. The summed E-state index contributed by atoms with van der Waals surface area (Å²) >= 11 is 0. The number of ether oxygens (including phenoxy) is 1. The first-order valence-electron chi connectivity index (χ1n) is 12.5. The molecule has 1 aromatic carbocycles. The van der Waals surface area contributed by atoms with Gasteiger partial charge in [-0.15, -0.1) is 10.2 Å². The average Bonchev–Trinajstić information content (AvgIpc) is 3.32. The molecule has 0 bridgehead atoms. The lowest BCUT2D eigenvalue weighted by Crippen LogP contribution is -2.35. The Morgan fingerprint density at radius 3 is 2.49 bits per heavy atom. The van der Waals surface area contributed by atoms with Crippen LogP contribution >= 0.6 is 0 Å². The van der Waals surface area contributed by atoms with Crippen molar-refractivity contribution in [3.63, 3.8) is 0 Å². The maximum absolute atomic E-state index is 12.8. The zero-order valence-electron chi connectivity index (χ0n) is 21.2. The minimum Gasteiger partial charge on any atom is -0.374 e. The van der Waals surface area contributed by atoms with Crippen LogP contribution in [0.5, 0.6) is 0 Å². The molecule has 1 saturated heterocycles. The first kappa shape index (κ1) is 23.6. The van der Waals surface area contributed by atoms with Crippen molar-refractivity contribution in [2.75, 3.05) is 13.2 Å². The number of nitrogens with zero attached hydrogens (tertiary/aromatic N) is 6. The Labute approximate surface area is 205 Å². The van der Waals surface area contributed by atoms with Crippen LogP contribution in [0.4, 0.5) is 0 Å². The Morgan fingerprint density at radius 1 is 1.06 bits per heavy atom. The molecule has 4 heterocycles. The normalized spacial score (nSPS) is 18.9. The van der Waals surface area contributed by atoms with Crippen molar-refractivity contribution >= 4 is 22.1 Å². The van der Waals surface area contributed by atoms with Crippen molar-refractivity contribution in [2.45, 2.75) is 65.3 Å². The molecule has 184 valence electrons. The van der Waals surface area contributed by atoms with Crippen LogP contribution < -0.4 is 5.69 Å². The number of hydrogen-bond acceptors (Lipinski definition) is 6. The third kappa shape index (κ3) is 4.36. The fourth-order valence-electron chi connectivity index (χ4n) is 5.27. The van der Waals surface area contributed by atoms with Gasteiger partial charge in [0.05, 0.1) is 24.4 Å². The van der Waals surface area contributed by atoms with Crippen LogP contribution in [0.3, 0.4) is 0 Å². The van der Waals surface area contributed by atoms with E-state index in [0.717, 1.165) is 39.8 Å². The van der Waals surface area contributed by atoms with E-state index in [-0.39, 0.29) is 11.7 Å². The molecule has 0 radical (unpaired) electrons. The maximum Gasteiger partial charge on any atom is 0.330 e. The van der Waals surface area contributed by atoms with Gasteiger partial charge in [-0.25, -0.2) is 4.79 Å². The monoisotopic (exact) mass is 474 g/mol. The molecule has 35 heavy (non-hydrogen) atoms. The summed E-state index contributed by atoms with van der Waals surface area (Å²) < 4.78 is 9.28. The molecule has 0 N–H and O–H groups in total. The lowest BCUT2D eigenvalue weighted by Gasteiger charge is -2.25. The van der Waals surface area contributed by atoms with Crippen LogP contribution in [0.15, 0.2) is 41.3 Å². The molecule has 1 aliphatic rings. The lowest BCUT2D eigenvalue weighted by atomic mass is 10.0. The summed E-state index contributed by atoms with van der Waals surface area (Å²) in [4.78, 5) is 20.0. The highest BCUT2D eigenvalue weighted by Crippen LogP contribution is 2.28. The minimum atomic E-state index is -0.0816. The summed E-state index contributed by atoms with van der Waals surface area (Å²) in [6, 6.07) is 11.5. The van der Waals surface area contributed by atoms with Gasteiger partial charge in [0, 0.05) is 48.9 Å². The standard InChI is InChI=1S/C27H34N6O2/c1-17(2)33-25-23-14-20(9-11-24(23)29-30-26(25)31(5)27(33)34)21-8-10-22(28-15-21)16-35-13-12-32-18(3)6-7-19(32)4/h8-11,14-15,17-19H,6-7,12-13,16H2,1-5H3/t18-,19+. The van der Waals surface area contributed by atoms with Gasteiger partial charge in [0.15, 0.2) is 5.65 Å². The lowest BCUT2D eigenvalue weighted by molar-refractivity contribution is 0.0784. The van der Waals surface area contributed by atoms with Crippen molar-refractivity contribution in [2.24, 2.45) is 7.05 Å². The van der Waals surface area contributed by atoms with Gasteiger partial charge in [0.1, 0.15) is 5.52 Å². The summed E-state index contributed by atoms with van der Waals surface area (Å²) in [7, 11) is 1.74. The van der Waals surface area contributed by atoms with Crippen LogP contribution in [-0.2, 0) is 18.4 Å². The molecule has 0 amide bonds. The molecule has 5 rings (SSSR count). The summed E-state index contributed by atoms with van der Waals surface area (Å²) in [5.41, 5.74) is 5.05. The number of likely N-dealkylation sites (tertiary alicyclic amines) is 1. The van der Waals surface area contributed by atoms with Gasteiger partial charge in [-0.3, -0.25) is 19.0 Å². The topological polar surface area (TPSA) is 78.1 Å². The Kier molecular flexibility index (Phi) is 6.42. The van der Waals surface area contributed by atoms with Crippen molar-refractivity contribution in [3.8, 4) is 11.1 Å². The summed E-state index contributed by atoms with van der Waals surface area (Å²) in [6.07, 6.45) is 4.44. The first-order chi connectivity index (χ1) is 16.8. The fourth-order valence-corrected chi connectivity index (χ4v) is 5.27. The number of imidazole rings is 1. The third-order valence-electron chi connectivity index (χ3n) is 7.32. The Hall–Kier alpha value is -3.10. The smallest absolute Gasteiger partial charge is 0.330 e. The van der Waals surface area contributed by atoms with Crippen molar-refractivity contribution in [1.29, 1.82) is 0 Å². The Bertz CT molecular complexity index is 1400. The van der Waals surface area contributed by atoms with Gasteiger partial charge in [-0.05, 0) is 64.3 Å². The molecule has 0 aliphatic carbocycles. The molecular formula is C27H34N6O2. The number of hydrogen-bond donors (Lipinski definition) is 0. The zero-order valence-corrected chi connectivity index (χ0v) is 21.2. The molecule has 1 aliphatic heterocycles. The Balaban J connectivity index is 1.35. The molecule has 3 aromatic heterocycles. The molecular weight excluding hydrogens is 440 g/mol. The van der Waals surface area contributed by atoms with E-state index < -0.39 is 0 Å². The highest BCUT2D eigenvalue weighted by molar-refractivity contribution is 6.02. The van der Waals surface area contributed by atoms with Crippen molar-refractivity contribution in [3.05, 3.63) is 52.7 Å². The van der Waals surface area contributed by atoms with Crippen molar-refractivity contribution < 1.29 is 4.74 Å². The number of rotatable bonds is 7. The van der Waals surface area contributed by atoms with Crippen LogP contribution in [0.25, 0.3) is 33.2 Å². The molecule has 0 unspecified atom stereocenters. The fraction of sp³-hybridized carbons (Fsp3) is 0.481. The largest absolute Gasteiger partial charge is 0.374 e. The molecule has 0 spiro atoms. The van der Waals surface area contributed by atoms with Crippen LogP contribution in [0.2, 0.25) is 0 Å². The van der Waals surface area contributed by atoms with E-state index >= 15 is 0 Å². The van der Waals surface area contributed by atoms with E-state index in [1.54, 1.807) is 16.2 Å². The highest BCUT2D eigenvalue weighted by atomic mass is 16.5. The number of aryl methyl sites for hydroxylation is 1. The highest BCUT2D eigenvalue weighted by Gasteiger charge is 2.26. The van der Waals surface area contributed by atoms with E-state index in [0.29, 0.717) is 30.9 Å². The van der Waals surface area contributed by atoms with Gasteiger partial charge in [-0.1, -0.05) is 12.1 Å². The number of pyridine rings is 1. The van der Waals surface area contributed by atoms with Gasteiger partial charge in [0.2, 0.25) is 0 Å². The summed E-state index contributed by atoms with van der Waals surface area (Å²) in [6.45, 7) is 10.8. The number of fused-ring (bicyclic) bond motifs is 3. The van der Waals surface area contributed by atoms with Crippen LogP contribution in [0, 0.1) is 0 Å². The predicted octanol–water partition coefficient (Wildman–Crippen LogP) is 4.32. The Morgan fingerprint density at radius 2 is 1.80 bits per heavy atom.